The maximum absolute atomic E-state index is 13.8. The average molecular weight is 560 g/mol. The summed E-state index contributed by atoms with van der Waals surface area (Å²) in [5, 5.41) is 0.828. The first kappa shape index (κ1) is 26.8. The van der Waals surface area contributed by atoms with Gasteiger partial charge in [-0.15, -0.1) is 11.3 Å². The molecule has 0 amide bonds. The number of nitrogens with zero attached hydrogens (tertiary/aromatic N) is 2. The summed E-state index contributed by atoms with van der Waals surface area (Å²) in [5.41, 5.74) is 3.48. The van der Waals surface area contributed by atoms with E-state index in [9.17, 15) is 18.0 Å². The van der Waals surface area contributed by atoms with Gasteiger partial charge in [0.25, 0.3) is 10.0 Å². The second-order valence-electron chi connectivity index (χ2n) is 9.54. The minimum atomic E-state index is -4.39. The van der Waals surface area contributed by atoms with Crippen LogP contribution in [0.25, 0.3) is 20.8 Å². The summed E-state index contributed by atoms with van der Waals surface area (Å²) in [5.74, 6) is -1.12. The molecule has 1 N–H and O–H groups in total. The topological polar surface area (TPSA) is 96.4 Å². The van der Waals surface area contributed by atoms with Crippen molar-refractivity contribution in [3.8, 4) is 10.6 Å². The van der Waals surface area contributed by atoms with Crippen LogP contribution in [0.2, 0.25) is 0 Å². The van der Waals surface area contributed by atoms with Crippen LogP contribution in [-0.4, -0.2) is 43.0 Å². The van der Waals surface area contributed by atoms with Gasteiger partial charge in [-0.2, -0.15) is 0 Å². The Morgan fingerprint density at radius 3 is 2.15 bits per heavy atom. The lowest BCUT2D eigenvalue weighted by molar-refractivity contribution is 0.0946. The zero-order valence-corrected chi connectivity index (χ0v) is 23.7. The molecular weight excluding hydrogens is 530 g/mol. The monoisotopic (exact) mass is 559 g/mol. The number of hydrogen-bond donors (Lipinski definition) is 1. The van der Waals surface area contributed by atoms with Crippen molar-refractivity contribution in [2.45, 2.75) is 33.6 Å². The van der Waals surface area contributed by atoms with Crippen LogP contribution in [0.5, 0.6) is 0 Å². The molecule has 0 saturated heterocycles. The Kier molecular flexibility index (Phi) is 7.38. The normalized spacial score (nSPS) is 13.6. The number of benzene rings is 3. The first-order chi connectivity index (χ1) is 18.7. The van der Waals surface area contributed by atoms with Crippen molar-refractivity contribution < 1.29 is 18.0 Å². The summed E-state index contributed by atoms with van der Waals surface area (Å²) < 4.78 is 31.2. The molecule has 0 fully saturated rings. The number of Topliss-reactive ketones (excluding diaryl/α,β-unsaturated/α-hetero) is 2. The fourth-order valence-corrected chi connectivity index (χ4v) is 7.24. The molecule has 3 aromatic carbocycles. The number of hydrogen-bond acceptors (Lipinski definition) is 7. The second-order valence-corrected chi connectivity index (χ2v) is 12.2. The molecule has 7 nitrogen and oxygen atoms in total. The van der Waals surface area contributed by atoms with E-state index in [1.807, 2.05) is 32.9 Å². The molecule has 1 heterocycles. The molecular formula is C30H29N3O4S2. The maximum Gasteiger partial charge on any atom is 0.268 e. The Morgan fingerprint density at radius 1 is 0.872 bits per heavy atom. The van der Waals surface area contributed by atoms with Gasteiger partial charge in [-0.1, -0.05) is 44.2 Å². The van der Waals surface area contributed by atoms with Gasteiger partial charge in [-0.05, 0) is 61.7 Å². The SMILES string of the molecule is CCCN(CCC)C1=C(S(=O)(=O)Nc2ccc(-c3nc4ccc(C)cc4s3)cc2)C(=O)c2ccccc2C1=O. The number of anilines is 1. The van der Waals surface area contributed by atoms with Crippen molar-refractivity contribution in [3.63, 3.8) is 0 Å². The third kappa shape index (κ3) is 5.12. The molecule has 0 atom stereocenters. The third-order valence-corrected chi connectivity index (χ3v) is 9.04. The zero-order valence-electron chi connectivity index (χ0n) is 22.0. The van der Waals surface area contributed by atoms with E-state index in [0.29, 0.717) is 31.6 Å². The Labute approximate surface area is 232 Å². The van der Waals surface area contributed by atoms with Gasteiger partial charge in [-0.25, -0.2) is 13.4 Å². The molecule has 0 radical (unpaired) electrons. The molecule has 0 saturated carbocycles. The van der Waals surface area contributed by atoms with Crippen molar-refractivity contribution >= 4 is 48.8 Å². The fraction of sp³-hybridized carbons (Fsp3) is 0.233. The highest BCUT2D eigenvalue weighted by Gasteiger charge is 2.41. The van der Waals surface area contributed by atoms with E-state index < -0.39 is 26.5 Å². The third-order valence-electron chi connectivity index (χ3n) is 6.55. The maximum atomic E-state index is 13.8. The Morgan fingerprint density at radius 2 is 1.51 bits per heavy atom. The predicted molar refractivity (Wildman–Crippen MR) is 157 cm³/mol. The number of thiazole rings is 1. The number of allylic oxidation sites excluding steroid dienone is 2. The number of carbonyl (C=O) groups excluding carboxylic acids is 2. The fourth-order valence-electron chi connectivity index (χ4n) is 4.79. The van der Waals surface area contributed by atoms with Crippen molar-refractivity contribution in [2.24, 2.45) is 0 Å². The number of carbonyl (C=O) groups is 2. The highest BCUT2D eigenvalue weighted by molar-refractivity contribution is 7.97. The van der Waals surface area contributed by atoms with Crippen molar-refractivity contribution in [3.05, 3.63) is 94.0 Å². The standard InChI is InChI=1S/C30H29N3O4S2/c1-4-16-33(17-5-2)26-27(34)22-8-6-7-9-23(22)28(35)29(26)39(36,37)32-21-13-11-20(12-14-21)30-31-24-15-10-19(3)18-25(24)38-30/h6-15,18,32H,4-5,16-17H2,1-3H3. The summed E-state index contributed by atoms with van der Waals surface area (Å²) >= 11 is 1.57. The largest absolute Gasteiger partial charge is 0.367 e. The summed E-state index contributed by atoms with van der Waals surface area (Å²) in [4.78, 5) is 33.1. The van der Waals surface area contributed by atoms with Crippen LogP contribution in [0, 0.1) is 6.92 Å². The first-order valence-electron chi connectivity index (χ1n) is 12.9. The minimum Gasteiger partial charge on any atom is -0.367 e. The number of rotatable bonds is 9. The first-order valence-corrected chi connectivity index (χ1v) is 15.2. The van der Waals surface area contributed by atoms with Gasteiger partial charge >= 0.3 is 0 Å². The highest BCUT2D eigenvalue weighted by Crippen LogP contribution is 2.34. The van der Waals surface area contributed by atoms with Crippen molar-refractivity contribution in [1.29, 1.82) is 0 Å². The molecule has 1 aliphatic rings. The van der Waals surface area contributed by atoms with Gasteiger partial charge in [-0.3, -0.25) is 14.3 Å². The van der Waals surface area contributed by atoms with E-state index in [1.165, 1.54) is 6.07 Å². The van der Waals surface area contributed by atoms with Crippen LogP contribution in [0.1, 0.15) is 53.0 Å². The quantitative estimate of drug-likeness (QED) is 0.254. The molecule has 0 spiro atoms. The molecule has 39 heavy (non-hydrogen) atoms. The highest BCUT2D eigenvalue weighted by atomic mass is 32.2. The van der Waals surface area contributed by atoms with Gasteiger partial charge in [0, 0.05) is 35.5 Å². The molecule has 1 aliphatic carbocycles. The van der Waals surface area contributed by atoms with Gasteiger partial charge in [0.15, 0.2) is 4.91 Å². The smallest absolute Gasteiger partial charge is 0.268 e. The van der Waals surface area contributed by atoms with Crippen LogP contribution in [-0.2, 0) is 10.0 Å². The van der Waals surface area contributed by atoms with Crippen molar-refractivity contribution in [1.82, 2.24) is 9.88 Å². The van der Waals surface area contributed by atoms with E-state index in [0.717, 1.165) is 26.4 Å². The average Bonchev–Trinajstić information content (AvgIpc) is 3.34. The number of aryl methyl sites for hydroxylation is 1. The molecule has 200 valence electrons. The van der Waals surface area contributed by atoms with E-state index in [1.54, 1.807) is 58.7 Å². The van der Waals surface area contributed by atoms with Crippen LogP contribution < -0.4 is 4.72 Å². The summed E-state index contributed by atoms with van der Waals surface area (Å²) in [6.07, 6.45) is 1.39. The van der Waals surface area contributed by atoms with Gasteiger partial charge in [0.1, 0.15) is 10.7 Å². The second kappa shape index (κ2) is 10.7. The van der Waals surface area contributed by atoms with Crippen LogP contribution in [0.3, 0.4) is 0 Å². The summed E-state index contributed by atoms with van der Waals surface area (Å²) in [6, 6.07) is 19.3. The number of ketones is 2. The Balaban J connectivity index is 1.52. The van der Waals surface area contributed by atoms with E-state index in [2.05, 4.69) is 10.8 Å². The molecule has 1 aromatic heterocycles. The van der Waals surface area contributed by atoms with E-state index >= 15 is 0 Å². The van der Waals surface area contributed by atoms with Gasteiger partial charge < -0.3 is 4.90 Å². The van der Waals surface area contributed by atoms with E-state index in [-0.39, 0.29) is 16.8 Å². The zero-order chi connectivity index (χ0) is 27.7. The van der Waals surface area contributed by atoms with E-state index in [4.69, 9.17) is 4.98 Å². The van der Waals surface area contributed by atoms with Gasteiger partial charge in [0.2, 0.25) is 11.6 Å². The minimum absolute atomic E-state index is 0.0590. The lowest BCUT2D eigenvalue weighted by atomic mass is 9.91. The number of sulfonamides is 1. The lowest BCUT2D eigenvalue weighted by Crippen LogP contribution is -2.38. The Hall–Kier alpha value is -3.82. The predicted octanol–water partition coefficient (Wildman–Crippen LogP) is 6.43. The molecule has 0 unspecified atom stereocenters. The van der Waals surface area contributed by atoms with Crippen LogP contribution in [0.15, 0.2) is 77.3 Å². The van der Waals surface area contributed by atoms with Gasteiger partial charge in [0.05, 0.1) is 10.2 Å². The Bertz CT molecular complexity index is 1710. The molecule has 0 aliphatic heterocycles. The van der Waals surface area contributed by atoms with Crippen LogP contribution in [0.4, 0.5) is 5.69 Å². The molecule has 0 bridgehead atoms. The molecule has 9 heteroatoms. The number of aromatic nitrogens is 1. The lowest BCUT2D eigenvalue weighted by Gasteiger charge is -2.31. The molecule has 5 rings (SSSR count). The van der Waals surface area contributed by atoms with Crippen molar-refractivity contribution in [2.75, 3.05) is 17.8 Å². The molecule has 4 aromatic rings. The number of fused-ring (bicyclic) bond motifs is 2. The summed E-state index contributed by atoms with van der Waals surface area (Å²) in [7, 11) is -4.39. The summed E-state index contributed by atoms with van der Waals surface area (Å²) in [6.45, 7) is 6.85. The van der Waals surface area contributed by atoms with Crippen LogP contribution >= 0.6 is 11.3 Å². The number of nitrogens with one attached hydrogen (secondary N) is 1.